The minimum Gasteiger partial charge on any atom is -0.478 e. The molecule has 0 aliphatic carbocycles. The predicted octanol–water partition coefficient (Wildman–Crippen LogP) is 4.69. The third kappa shape index (κ3) is 3.00. The van der Waals surface area contributed by atoms with Crippen molar-refractivity contribution < 1.29 is 14.5 Å². The van der Waals surface area contributed by atoms with E-state index < -0.39 is 4.92 Å². The van der Waals surface area contributed by atoms with Crippen molar-refractivity contribution in [3.63, 3.8) is 0 Å². The third-order valence-electron chi connectivity index (χ3n) is 3.77. The van der Waals surface area contributed by atoms with Crippen molar-refractivity contribution in [2.75, 3.05) is 6.61 Å². The zero-order valence-corrected chi connectivity index (χ0v) is 14.1. The molecule has 0 saturated carbocycles. The first-order valence-corrected chi connectivity index (χ1v) is 8.18. The summed E-state index contributed by atoms with van der Waals surface area (Å²) in [7, 11) is 0. The van der Waals surface area contributed by atoms with Crippen LogP contribution in [-0.4, -0.2) is 17.3 Å². The minimum atomic E-state index is -0.502. The van der Waals surface area contributed by atoms with E-state index in [4.69, 9.17) is 4.74 Å². The molecular formula is C18H15NO4S. The lowest BCUT2D eigenvalue weighted by atomic mass is 10.1. The van der Waals surface area contributed by atoms with Gasteiger partial charge in [-0.2, -0.15) is 0 Å². The van der Waals surface area contributed by atoms with Crippen LogP contribution in [0.1, 0.15) is 20.8 Å². The highest BCUT2D eigenvalue weighted by atomic mass is 32.1. The summed E-state index contributed by atoms with van der Waals surface area (Å²) in [6.07, 6.45) is 0. The maximum atomic E-state index is 12.5. The maximum absolute atomic E-state index is 12.5. The van der Waals surface area contributed by atoms with Crippen LogP contribution >= 0.6 is 11.3 Å². The van der Waals surface area contributed by atoms with E-state index in [9.17, 15) is 14.9 Å². The molecule has 0 unspecified atom stereocenters. The van der Waals surface area contributed by atoms with Crippen LogP contribution in [0.15, 0.2) is 42.5 Å². The van der Waals surface area contributed by atoms with Crippen LogP contribution < -0.4 is 4.74 Å². The number of hydrogen-bond donors (Lipinski definition) is 0. The van der Waals surface area contributed by atoms with Crippen molar-refractivity contribution in [3.8, 4) is 5.75 Å². The number of ketones is 1. The lowest BCUT2D eigenvalue weighted by molar-refractivity contribution is -0.385. The van der Waals surface area contributed by atoms with Crippen LogP contribution in [0.2, 0.25) is 0 Å². The fraction of sp³-hybridized carbons (Fsp3) is 0.167. The van der Waals surface area contributed by atoms with E-state index in [2.05, 4.69) is 0 Å². The van der Waals surface area contributed by atoms with Gasteiger partial charge in [-0.3, -0.25) is 14.9 Å². The zero-order valence-electron chi connectivity index (χ0n) is 13.2. The Morgan fingerprint density at radius 2 is 1.96 bits per heavy atom. The zero-order chi connectivity index (χ0) is 17.3. The van der Waals surface area contributed by atoms with E-state index in [1.165, 1.54) is 23.5 Å². The number of nitro groups is 1. The molecule has 3 aromatic rings. The second kappa shape index (κ2) is 6.41. The quantitative estimate of drug-likeness (QED) is 0.383. The number of carbonyl (C=O) groups excluding carboxylic acids is 1. The van der Waals surface area contributed by atoms with Crippen LogP contribution in [0.4, 0.5) is 5.69 Å². The van der Waals surface area contributed by atoms with Gasteiger partial charge in [0.15, 0.2) is 12.4 Å². The van der Waals surface area contributed by atoms with E-state index in [1.807, 2.05) is 31.2 Å². The highest BCUT2D eigenvalue weighted by molar-refractivity contribution is 7.21. The molecule has 5 nitrogen and oxygen atoms in total. The molecule has 0 amide bonds. The molecular weight excluding hydrogens is 326 g/mol. The number of Topliss-reactive ketones (excluding diaryl/α,β-unsaturated/α-hetero) is 1. The summed E-state index contributed by atoms with van der Waals surface area (Å²) >= 11 is 1.42. The fourth-order valence-corrected chi connectivity index (χ4v) is 3.67. The monoisotopic (exact) mass is 341 g/mol. The van der Waals surface area contributed by atoms with E-state index >= 15 is 0 Å². The Morgan fingerprint density at radius 3 is 2.67 bits per heavy atom. The van der Waals surface area contributed by atoms with Gasteiger partial charge in [0.05, 0.1) is 9.80 Å². The van der Waals surface area contributed by atoms with Gasteiger partial charge in [0.1, 0.15) is 0 Å². The van der Waals surface area contributed by atoms with Crippen LogP contribution in [0.25, 0.3) is 10.1 Å². The van der Waals surface area contributed by atoms with Gasteiger partial charge < -0.3 is 4.74 Å². The standard InChI is InChI=1S/C18H15NO4S/c1-11-7-8-16(14(9-11)19(21)22)23-10-15(20)18-12(2)13-5-3-4-6-17(13)24-18/h3-9H,10H2,1-2H3. The van der Waals surface area contributed by atoms with Gasteiger partial charge in [-0.15, -0.1) is 11.3 Å². The predicted molar refractivity (Wildman–Crippen MR) is 94.2 cm³/mol. The Bertz CT molecular complexity index is 945. The van der Waals surface area contributed by atoms with Crippen LogP contribution in [0, 0.1) is 24.0 Å². The summed E-state index contributed by atoms with van der Waals surface area (Å²) in [5.74, 6) is -0.0683. The molecule has 6 heteroatoms. The summed E-state index contributed by atoms with van der Waals surface area (Å²) in [5.41, 5.74) is 1.55. The molecule has 24 heavy (non-hydrogen) atoms. The van der Waals surface area contributed by atoms with Crippen LogP contribution in [0.5, 0.6) is 5.75 Å². The van der Waals surface area contributed by atoms with Crippen molar-refractivity contribution in [3.05, 3.63) is 68.6 Å². The van der Waals surface area contributed by atoms with Gasteiger partial charge in [0.25, 0.3) is 0 Å². The second-order valence-electron chi connectivity index (χ2n) is 5.49. The molecule has 1 aromatic heterocycles. The first-order valence-electron chi connectivity index (χ1n) is 7.36. The van der Waals surface area contributed by atoms with Crippen molar-refractivity contribution in [2.45, 2.75) is 13.8 Å². The fourth-order valence-electron chi connectivity index (χ4n) is 2.54. The largest absolute Gasteiger partial charge is 0.478 e. The topological polar surface area (TPSA) is 69.4 Å². The van der Waals surface area contributed by atoms with Crippen molar-refractivity contribution in [2.24, 2.45) is 0 Å². The second-order valence-corrected chi connectivity index (χ2v) is 6.54. The van der Waals surface area contributed by atoms with E-state index in [0.717, 1.165) is 21.2 Å². The molecule has 3 rings (SSSR count). The van der Waals surface area contributed by atoms with Crippen molar-refractivity contribution >= 4 is 32.9 Å². The molecule has 0 N–H and O–H groups in total. The Balaban J connectivity index is 1.83. The van der Waals surface area contributed by atoms with Gasteiger partial charge in [-0.05, 0) is 42.5 Å². The smallest absolute Gasteiger partial charge is 0.311 e. The molecule has 0 aliphatic heterocycles. The van der Waals surface area contributed by atoms with Crippen LogP contribution in [0.3, 0.4) is 0 Å². The Kier molecular flexibility index (Phi) is 4.31. The van der Waals surface area contributed by atoms with Gasteiger partial charge in [-0.1, -0.05) is 24.3 Å². The number of nitro benzene ring substituents is 1. The number of aryl methyl sites for hydroxylation is 2. The molecule has 0 bridgehead atoms. The highest BCUT2D eigenvalue weighted by Crippen LogP contribution is 2.32. The Hall–Kier alpha value is -2.73. The molecule has 0 saturated heterocycles. The molecule has 2 aromatic carbocycles. The number of benzene rings is 2. The minimum absolute atomic E-state index is 0.109. The first-order chi connectivity index (χ1) is 11.5. The number of rotatable bonds is 5. The molecule has 0 aliphatic rings. The number of thiophene rings is 1. The van der Waals surface area contributed by atoms with Crippen molar-refractivity contribution in [1.82, 2.24) is 0 Å². The Morgan fingerprint density at radius 1 is 1.21 bits per heavy atom. The SMILES string of the molecule is Cc1ccc(OCC(=O)c2sc3ccccc3c2C)c([N+](=O)[O-])c1. The normalized spacial score (nSPS) is 10.8. The number of hydrogen-bond acceptors (Lipinski definition) is 5. The lowest BCUT2D eigenvalue weighted by Gasteiger charge is -2.06. The van der Waals surface area contributed by atoms with E-state index in [-0.39, 0.29) is 23.8 Å². The van der Waals surface area contributed by atoms with Gasteiger partial charge >= 0.3 is 5.69 Å². The number of carbonyl (C=O) groups is 1. The highest BCUT2D eigenvalue weighted by Gasteiger charge is 2.19. The summed E-state index contributed by atoms with van der Waals surface area (Å²) in [5, 5.41) is 12.2. The maximum Gasteiger partial charge on any atom is 0.311 e. The summed E-state index contributed by atoms with van der Waals surface area (Å²) < 4.78 is 6.48. The average molecular weight is 341 g/mol. The lowest BCUT2D eigenvalue weighted by Crippen LogP contribution is -2.12. The van der Waals surface area contributed by atoms with Crippen molar-refractivity contribution in [1.29, 1.82) is 0 Å². The molecule has 122 valence electrons. The molecule has 1 heterocycles. The van der Waals surface area contributed by atoms with Crippen LogP contribution in [-0.2, 0) is 0 Å². The van der Waals surface area contributed by atoms with Gasteiger partial charge in [-0.25, -0.2) is 0 Å². The molecule has 0 spiro atoms. The Labute approximate surface area is 142 Å². The number of nitrogens with zero attached hydrogens (tertiary/aromatic N) is 1. The summed E-state index contributed by atoms with van der Waals surface area (Å²) in [4.78, 5) is 23.7. The van der Waals surface area contributed by atoms with Gasteiger partial charge in [0.2, 0.25) is 5.78 Å². The van der Waals surface area contributed by atoms with Gasteiger partial charge in [0, 0.05) is 10.8 Å². The van der Waals surface area contributed by atoms with E-state index in [0.29, 0.717) is 4.88 Å². The average Bonchev–Trinajstić information content (AvgIpc) is 2.91. The molecule has 0 fully saturated rings. The number of ether oxygens (including phenoxy) is 1. The summed E-state index contributed by atoms with van der Waals surface area (Å²) in [6.45, 7) is 3.44. The summed E-state index contributed by atoms with van der Waals surface area (Å²) in [6, 6.07) is 12.5. The first kappa shape index (κ1) is 16.1. The molecule has 0 radical (unpaired) electrons. The molecule has 0 atom stereocenters. The van der Waals surface area contributed by atoms with E-state index in [1.54, 1.807) is 13.0 Å². The third-order valence-corrected chi connectivity index (χ3v) is 5.08. The number of fused-ring (bicyclic) bond motifs is 1.